The lowest BCUT2D eigenvalue weighted by Crippen LogP contribution is -2.26. The van der Waals surface area contributed by atoms with Crippen molar-refractivity contribution in [2.75, 3.05) is 13.7 Å². The van der Waals surface area contributed by atoms with Gasteiger partial charge in [0.25, 0.3) is 12.3 Å². The second kappa shape index (κ2) is 21.1. The number of hydrogen-bond donors (Lipinski definition) is 1. The van der Waals surface area contributed by atoms with Crippen LogP contribution in [0.2, 0.25) is 5.02 Å². The molecule has 1 amide bonds. The summed E-state index contributed by atoms with van der Waals surface area (Å²) in [5, 5.41) is 2.93. The lowest BCUT2D eigenvalue weighted by Gasteiger charge is -2.11. The second-order valence-corrected chi connectivity index (χ2v) is 10.4. The Morgan fingerprint density at radius 1 is 0.837 bits per heavy atom. The number of carbonyl (C=O) groups is 1. The first-order chi connectivity index (χ1) is 23.1. The number of halogens is 11. The SMILES string of the molecule is CCCc1ccccc1.CCc1cc(C(F)(F)F)ccc1C(F)F.CF.O=C(NCCc1ccc(Cl)cn1)c1ccc(F)c(C(F)(F)F)c1. The van der Waals surface area contributed by atoms with E-state index in [2.05, 4.69) is 47.6 Å². The molecule has 0 aliphatic rings. The van der Waals surface area contributed by atoms with E-state index in [-0.39, 0.29) is 29.7 Å². The first-order valence-electron chi connectivity index (χ1n) is 14.7. The molecule has 3 aromatic carbocycles. The first kappa shape index (κ1) is 42.9. The molecule has 0 unspecified atom stereocenters. The Morgan fingerprint density at radius 3 is 2.00 bits per heavy atom. The third kappa shape index (κ3) is 15.3. The molecule has 4 aromatic rings. The van der Waals surface area contributed by atoms with Gasteiger partial charge in [0.05, 0.1) is 23.3 Å². The summed E-state index contributed by atoms with van der Waals surface area (Å²) >= 11 is 5.69. The van der Waals surface area contributed by atoms with E-state index in [1.165, 1.54) is 24.6 Å². The van der Waals surface area contributed by atoms with Gasteiger partial charge in [-0.05, 0) is 66.4 Å². The quantitative estimate of drug-likeness (QED) is 0.184. The maximum atomic E-state index is 13.2. The standard InChI is InChI=1S/C15H11ClF4N2O.C10H9F5.C9H12.CH3F/c16-10-2-3-11(22-8-10)5-6-21-14(23)9-1-4-13(17)12(7-9)15(18,19)20;1-2-6-5-7(10(13,14)15)3-4-8(6)9(11)12;1-2-6-9-7-4-3-5-8-9;1-2/h1-4,7-8H,5-6H2,(H,21,23);3-5,9H,2H2,1H3;3-5,7-8H,2,6H2,1H3;1H3. The normalized spacial score (nSPS) is 10.9. The Morgan fingerprint density at radius 2 is 1.49 bits per heavy atom. The van der Waals surface area contributed by atoms with Gasteiger partial charge in [0.2, 0.25) is 0 Å². The molecule has 0 radical (unpaired) electrons. The lowest BCUT2D eigenvalue weighted by molar-refractivity contribution is -0.140. The van der Waals surface area contributed by atoms with Gasteiger partial charge in [-0.2, -0.15) is 26.3 Å². The molecule has 1 N–H and O–H groups in total. The Bertz CT molecular complexity index is 1550. The van der Waals surface area contributed by atoms with Gasteiger partial charge in [-0.1, -0.05) is 68.3 Å². The molecular weight excluding hydrogens is 690 g/mol. The fraction of sp³-hybridized carbons (Fsp3) is 0.314. The van der Waals surface area contributed by atoms with Crippen LogP contribution in [0.3, 0.4) is 0 Å². The van der Waals surface area contributed by atoms with E-state index < -0.39 is 41.6 Å². The first-order valence-corrected chi connectivity index (χ1v) is 15.1. The molecule has 3 nitrogen and oxygen atoms in total. The topological polar surface area (TPSA) is 42.0 Å². The predicted octanol–water partition coefficient (Wildman–Crippen LogP) is 11.3. The number of nitrogens with zero attached hydrogens (tertiary/aromatic N) is 1. The number of nitrogens with one attached hydrogen (secondary N) is 1. The molecule has 0 saturated heterocycles. The van der Waals surface area contributed by atoms with Crippen LogP contribution >= 0.6 is 11.6 Å². The fourth-order valence-electron chi connectivity index (χ4n) is 4.08. The highest BCUT2D eigenvalue weighted by Gasteiger charge is 2.34. The van der Waals surface area contributed by atoms with Gasteiger partial charge in [0, 0.05) is 36.0 Å². The number of aromatic nitrogens is 1. The van der Waals surface area contributed by atoms with Crippen molar-refractivity contribution in [3.05, 3.63) is 135 Å². The summed E-state index contributed by atoms with van der Waals surface area (Å²) in [6, 6.07) is 18.3. The fourth-order valence-corrected chi connectivity index (χ4v) is 4.19. The van der Waals surface area contributed by atoms with Crippen molar-refractivity contribution < 1.29 is 48.7 Å². The third-order valence-corrected chi connectivity index (χ3v) is 6.68. The molecule has 14 heteroatoms. The Labute approximate surface area is 283 Å². The van der Waals surface area contributed by atoms with Crippen LogP contribution in [0, 0.1) is 5.82 Å². The molecule has 0 saturated carbocycles. The van der Waals surface area contributed by atoms with Crippen LogP contribution in [0.25, 0.3) is 0 Å². The van der Waals surface area contributed by atoms with Gasteiger partial charge in [-0.15, -0.1) is 0 Å². The highest BCUT2D eigenvalue weighted by molar-refractivity contribution is 6.30. The number of benzene rings is 3. The number of aryl methyl sites for hydroxylation is 2. The summed E-state index contributed by atoms with van der Waals surface area (Å²) in [7, 11) is 0.500. The van der Waals surface area contributed by atoms with E-state index in [1.807, 2.05) is 0 Å². The zero-order chi connectivity index (χ0) is 37.2. The van der Waals surface area contributed by atoms with Gasteiger partial charge in [-0.25, -0.2) is 13.2 Å². The van der Waals surface area contributed by atoms with Crippen LogP contribution in [-0.4, -0.2) is 24.6 Å². The molecule has 0 atom stereocenters. The van der Waals surface area contributed by atoms with Crippen molar-refractivity contribution in [1.29, 1.82) is 0 Å². The van der Waals surface area contributed by atoms with Gasteiger partial charge >= 0.3 is 12.4 Å². The lowest BCUT2D eigenvalue weighted by atomic mass is 10.0. The van der Waals surface area contributed by atoms with Crippen molar-refractivity contribution in [1.82, 2.24) is 10.3 Å². The Kier molecular flexibility index (Phi) is 18.4. The monoisotopic (exact) mass is 724 g/mol. The minimum atomic E-state index is -4.85. The molecule has 268 valence electrons. The number of carbonyl (C=O) groups excluding carboxylic acids is 1. The highest BCUT2D eigenvalue weighted by atomic mass is 35.5. The zero-order valence-electron chi connectivity index (χ0n) is 26.7. The predicted molar refractivity (Wildman–Crippen MR) is 170 cm³/mol. The molecule has 0 fully saturated rings. The third-order valence-electron chi connectivity index (χ3n) is 6.46. The summed E-state index contributed by atoms with van der Waals surface area (Å²) < 4.78 is 122. The second-order valence-electron chi connectivity index (χ2n) is 9.97. The molecule has 1 aromatic heterocycles. The smallest absolute Gasteiger partial charge is 0.352 e. The van der Waals surface area contributed by atoms with Gasteiger partial charge < -0.3 is 5.32 Å². The minimum absolute atomic E-state index is 0.0415. The maximum Gasteiger partial charge on any atom is 0.419 e. The van der Waals surface area contributed by atoms with Crippen LogP contribution in [0.5, 0.6) is 0 Å². The van der Waals surface area contributed by atoms with Crippen LogP contribution in [0.1, 0.15) is 70.6 Å². The number of rotatable bonds is 8. The zero-order valence-corrected chi connectivity index (χ0v) is 27.5. The Hall–Kier alpha value is -4.13. The van der Waals surface area contributed by atoms with Crippen LogP contribution in [0.4, 0.5) is 43.9 Å². The largest absolute Gasteiger partial charge is 0.419 e. The van der Waals surface area contributed by atoms with E-state index in [9.17, 15) is 48.7 Å². The van der Waals surface area contributed by atoms with E-state index >= 15 is 0 Å². The molecule has 49 heavy (non-hydrogen) atoms. The van der Waals surface area contributed by atoms with Crippen LogP contribution in [0.15, 0.2) is 85.1 Å². The summed E-state index contributed by atoms with van der Waals surface area (Å²) in [5.74, 6) is -2.14. The minimum Gasteiger partial charge on any atom is -0.352 e. The van der Waals surface area contributed by atoms with Crippen molar-refractivity contribution in [2.45, 2.75) is 58.3 Å². The van der Waals surface area contributed by atoms with Gasteiger partial charge in [-0.3, -0.25) is 14.2 Å². The number of alkyl halides is 9. The van der Waals surface area contributed by atoms with Crippen molar-refractivity contribution in [3.63, 3.8) is 0 Å². The number of pyridine rings is 1. The molecule has 0 spiro atoms. The molecule has 1 heterocycles. The average molecular weight is 725 g/mol. The highest BCUT2D eigenvalue weighted by Crippen LogP contribution is 2.33. The summed E-state index contributed by atoms with van der Waals surface area (Å²) in [4.78, 5) is 15.9. The maximum absolute atomic E-state index is 13.2. The number of hydrogen-bond acceptors (Lipinski definition) is 2. The van der Waals surface area contributed by atoms with Crippen LogP contribution < -0.4 is 5.32 Å². The molecule has 4 rings (SSSR count). The van der Waals surface area contributed by atoms with Crippen LogP contribution in [-0.2, 0) is 31.6 Å². The summed E-state index contributed by atoms with van der Waals surface area (Å²) in [5.41, 5.74) is -0.786. The van der Waals surface area contributed by atoms with Crippen molar-refractivity contribution >= 4 is 17.5 Å². The van der Waals surface area contributed by atoms with E-state index in [4.69, 9.17) is 11.6 Å². The molecule has 0 aliphatic heterocycles. The summed E-state index contributed by atoms with van der Waals surface area (Å²) in [6.45, 7) is 3.92. The van der Waals surface area contributed by atoms with Gasteiger partial charge in [0.1, 0.15) is 5.82 Å². The molecule has 0 aliphatic carbocycles. The van der Waals surface area contributed by atoms with E-state index in [0.29, 0.717) is 42.5 Å². The Balaban J connectivity index is 0.000000395. The van der Waals surface area contributed by atoms with E-state index in [1.54, 1.807) is 19.1 Å². The average Bonchev–Trinajstić information content (AvgIpc) is 3.06. The van der Waals surface area contributed by atoms with Gasteiger partial charge in [0.15, 0.2) is 0 Å². The number of amides is 1. The summed E-state index contributed by atoms with van der Waals surface area (Å²) in [6.07, 6.45) is -7.63. The van der Waals surface area contributed by atoms with Crippen molar-refractivity contribution in [2.24, 2.45) is 0 Å². The molecular formula is C35H35ClF10N2O. The van der Waals surface area contributed by atoms with Crippen molar-refractivity contribution in [3.8, 4) is 0 Å². The molecule has 0 bridgehead atoms. The van der Waals surface area contributed by atoms with E-state index in [0.717, 1.165) is 18.2 Å².